The largest absolute Gasteiger partial charge is 4.00 e. The SMILES string of the molecule is CC(C)c1cccc(C(C)C)c1[N-][Si](C)(C)c1cc(C(C)(C)C)cc2c1Oc1c(cc(C(C)(C)C)cc1[Si](C)(C)[N-]c1c(C(C)C)cccc1C(C)C)C2(C)C.C[N-]C.C[N-]C.[Ti+4]. The summed E-state index contributed by atoms with van der Waals surface area (Å²) >= 11 is 0. The van der Waals surface area contributed by atoms with Crippen LogP contribution in [0.4, 0.5) is 11.4 Å². The van der Waals surface area contributed by atoms with E-state index in [9.17, 15) is 0 Å². The van der Waals surface area contributed by atoms with Gasteiger partial charge in [-0.1, -0.05) is 220 Å². The molecule has 0 atom stereocenters. The Bertz CT molecular complexity index is 1940. The molecule has 5 rings (SSSR count). The van der Waals surface area contributed by atoms with Gasteiger partial charge >= 0.3 is 21.7 Å². The third-order valence-corrected chi connectivity index (χ3v) is 17.2. The van der Waals surface area contributed by atoms with Crippen molar-refractivity contribution in [3.8, 4) is 11.5 Å². The first-order chi connectivity index (χ1) is 28.4. The van der Waals surface area contributed by atoms with E-state index in [-0.39, 0.29) is 38.0 Å². The zero-order valence-corrected chi connectivity index (χ0v) is 47.8. The Labute approximate surface area is 404 Å². The number of hydrogen-bond acceptors (Lipinski definition) is 1. The number of nitrogens with zero attached hydrogens (tertiary/aromatic N) is 4. The normalized spacial score (nSPS) is 13.6. The van der Waals surface area contributed by atoms with E-state index in [4.69, 9.17) is 14.7 Å². The molecule has 344 valence electrons. The molecular formula is C55H86N4OSi2Ti. The molecule has 0 aliphatic carbocycles. The predicted molar refractivity (Wildman–Crippen MR) is 282 cm³/mol. The average Bonchev–Trinajstić information content (AvgIpc) is 3.13. The smallest absolute Gasteiger partial charge is 0.683 e. The van der Waals surface area contributed by atoms with E-state index in [2.05, 4.69) is 208 Å². The number of fused-ring (bicyclic) bond motifs is 2. The Morgan fingerprint density at radius 1 is 0.492 bits per heavy atom. The van der Waals surface area contributed by atoms with Gasteiger partial charge in [0.25, 0.3) is 0 Å². The molecule has 0 bridgehead atoms. The van der Waals surface area contributed by atoms with Crippen LogP contribution in [0.3, 0.4) is 0 Å². The molecule has 0 N–H and O–H groups in total. The van der Waals surface area contributed by atoms with Crippen molar-refractivity contribution >= 4 is 38.2 Å². The van der Waals surface area contributed by atoms with Crippen LogP contribution in [-0.4, -0.2) is 44.7 Å². The fourth-order valence-electron chi connectivity index (χ4n) is 8.39. The minimum Gasteiger partial charge on any atom is -0.683 e. The van der Waals surface area contributed by atoms with Crippen LogP contribution in [0.5, 0.6) is 11.5 Å². The zero-order valence-electron chi connectivity index (χ0n) is 44.3. The topological polar surface area (TPSA) is 65.6 Å². The van der Waals surface area contributed by atoms with E-state index in [1.165, 1.54) is 66.3 Å². The molecule has 1 aliphatic rings. The van der Waals surface area contributed by atoms with Gasteiger partial charge in [-0.15, -0.1) is 11.4 Å². The number of hydrogen-bond donors (Lipinski definition) is 0. The van der Waals surface area contributed by atoms with Gasteiger partial charge in [0.05, 0.1) is 0 Å². The maximum Gasteiger partial charge on any atom is 4.00 e. The first-order valence-electron chi connectivity index (χ1n) is 23.2. The Morgan fingerprint density at radius 2 is 0.746 bits per heavy atom. The number of ether oxygens (including phenoxy) is 1. The molecule has 5 nitrogen and oxygen atoms in total. The molecule has 0 amide bonds. The molecule has 8 heteroatoms. The van der Waals surface area contributed by atoms with Crippen LogP contribution in [-0.2, 0) is 38.0 Å². The molecule has 0 spiro atoms. The van der Waals surface area contributed by atoms with Gasteiger partial charge < -0.3 is 25.3 Å². The summed E-state index contributed by atoms with van der Waals surface area (Å²) in [5.41, 5.74) is 12.5. The van der Waals surface area contributed by atoms with Crippen LogP contribution in [0, 0.1) is 0 Å². The van der Waals surface area contributed by atoms with Crippen molar-refractivity contribution < 1.29 is 26.5 Å². The fraction of sp³-hybridized carbons (Fsp3) is 0.564. The minimum atomic E-state index is -2.57. The first-order valence-corrected chi connectivity index (χ1v) is 29.1. The Balaban J connectivity index is 0.00000184. The Kier molecular flexibility index (Phi) is 19.5. The maximum atomic E-state index is 7.62. The summed E-state index contributed by atoms with van der Waals surface area (Å²) in [6.07, 6.45) is 0. The van der Waals surface area contributed by atoms with E-state index >= 15 is 0 Å². The molecule has 4 aromatic rings. The molecule has 0 radical (unpaired) electrons. The Morgan fingerprint density at radius 3 is 0.968 bits per heavy atom. The summed E-state index contributed by atoms with van der Waals surface area (Å²) in [5.74, 6) is 3.54. The van der Waals surface area contributed by atoms with Crippen LogP contribution in [0.15, 0.2) is 60.7 Å². The molecule has 63 heavy (non-hydrogen) atoms. The average molecular weight is 923 g/mol. The van der Waals surface area contributed by atoms with Crippen molar-refractivity contribution in [1.29, 1.82) is 0 Å². The summed E-state index contributed by atoms with van der Waals surface area (Å²) in [4.78, 5) is 11.8. The molecule has 1 heterocycles. The van der Waals surface area contributed by atoms with E-state index < -0.39 is 16.5 Å². The van der Waals surface area contributed by atoms with E-state index in [1.807, 2.05) is 0 Å². The van der Waals surface area contributed by atoms with Gasteiger partial charge in [0.1, 0.15) is 11.5 Å². The summed E-state index contributed by atoms with van der Waals surface area (Å²) in [5, 5.41) is 9.56. The number of benzene rings is 4. The monoisotopic (exact) mass is 923 g/mol. The van der Waals surface area contributed by atoms with E-state index in [0.29, 0.717) is 23.7 Å². The van der Waals surface area contributed by atoms with Gasteiger partial charge in [-0.05, 0) is 72.5 Å². The molecular weight excluding hydrogens is 837 g/mol. The second-order valence-corrected chi connectivity index (χ2v) is 30.2. The minimum absolute atomic E-state index is 0. The van der Waals surface area contributed by atoms with Gasteiger partial charge in [-0.2, -0.15) is 28.2 Å². The van der Waals surface area contributed by atoms with E-state index in [0.717, 1.165) is 11.5 Å². The zero-order chi connectivity index (χ0) is 47.5. The van der Waals surface area contributed by atoms with Crippen LogP contribution in [0.25, 0.3) is 20.6 Å². The van der Waals surface area contributed by atoms with Gasteiger partial charge in [-0.3, -0.25) is 0 Å². The summed E-state index contributed by atoms with van der Waals surface area (Å²) in [6.45, 7) is 47.0. The van der Waals surface area contributed by atoms with Gasteiger partial charge in [-0.25, -0.2) is 0 Å². The van der Waals surface area contributed by atoms with Crippen molar-refractivity contribution in [2.45, 2.75) is 177 Å². The van der Waals surface area contributed by atoms with Crippen LogP contribution in [0.1, 0.15) is 179 Å². The van der Waals surface area contributed by atoms with Crippen molar-refractivity contribution in [3.05, 3.63) is 126 Å². The van der Waals surface area contributed by atoms with Crippen LogP contribution < -0.4 is 15.1 Å². The summed E-state index contributed by atoms with van der Waals surface area (Å²) in [7, 11) is 1.87. The van der Waals surface area contributed by atoms with E-state index in [1.54, 1.807) is 28.2 Å². The van der Waals surface area contributed by atoms with Crippen molar-refractivity contribution in [3.63, 3.8) is 0 Å². The fourth-order valence-corrected chi connectivity index (χ4v) is 12.8. The van der Waals surface area contributed by atoms with Gasteiger partial charge in [0.2, 0.25) is 0 Å². The second kappa shape index (κ2) is 21.8. The summed E-state index contributed by atoms with van der Waals surface area (Å²) < 4.78 is 7.62. The molecule has 0 unspecified atom stereocenters. The third-order valence-electron chi connectivity index (χ3n) is 12.2. The van der Waals surface area contributed by atoms with Crippen molar-refractivity contribution in [1.82, 2.24) is 0 Å². The number of rotatable bonds is 10. The van der Waals surface area contributed by atoms with Crippen molar-refractivity contribution in [2.24, 2.45) is 0 Å². The molecule has 0 fully saturated rings. The second-order valence-electron chi connectivity index (χ2n) is 22.5. The van der Waals surface area contributed by atoms with Gasteiger partial charge in [0, 0.05) is 16.5 Å². The molecule has 4 aromatic carbocycles. The van der Waals surface area contributed by atoms with Crippen molar-refractivity contribution in [2.75, 3.05) is 28.2 Å². The van der Waals surface area contributed by atoms with Crippen LogP contribution in [0.2, 0.25) is 26.2 Å². The van der Waals surface area contributed by atoms with Crippen LogP contribution >= 0.6 is 0 Å². The Hall–Kier alpha value is -2.65. The standard InChI is InChI=1S/C51H74N2OSi2.2C2H6N.Ti/c1-31(2)37-23-21-24-38(32(3)4)45(37)52-55(17,18)43-29-35(49(9,10)11)27-41-47(43)54-48-42(51(41,15)16)28-36(50(12,13)14)30-44(48)56(19,20)53-46-39(33(5)6)25-22-26-40(46)34(7)8;2*1-3-2;/h21-34H,1-20H3;2*1-2H3;/q-2;2*-1;+4. The first kappa shape index (κ1) is 56.5. The quantitative estimate of drug-likeness (QED) is 0.146. The predicted octanol–water partition coefficient (Wildman–Crippen LogP) is 16.7. The summed E-state index contributed by atoms with van der Waals surface area (Å²) in [6, 6.07) is 23.4. The maximum absolute atomic E-state index is 7.62. The molecule has 0 saturated carbocycles. The molecule has 0 saturated heterocycles. The van der Waals surface area contributed by atoms with Gasteiger partial charge in [0.15, 0.2) is 0 Å². The molecule has 1 aliphatic heterocycles. The molecule has 0 aromatic heterocycles. The third kappa shape index (κ3) is 12.8.